The maximum atomic E-state index is 13.7. The monoisotopic (exact) mass is 271 g/mol. The number of nitrogens with two attached hydrogens (primary N) is 1. The van der Waals surface area contributed by atoms with Crippen molar-refractivity contribution in [2.45, 2.75) is 6.92 Å². The smallest absolute Gasteiger partial charge is 0.175 e. The van der Waals surface area contributed by atoms with Gasteiger partial charge in [-0.2, -0.15) is 0 Å². The molecule has 0 saturated heterocycles. The molecule has 3 aromatic rings. The van der Waals surface area contributed by atoms with Gasteiger partial charge in [0, 0.05) is 11.8 Å². The lowest BCUT2D eigenvalue weighted by atomic mass is 10.1. The number of halogens is 1. The summed E-state index contributed by atoms with van der Waals surface area (Å²) in [5.74, 6) is 0.810. The van der Waals surface area contributed by atoms with Crippen LogP contribution in [0.5, 0.6) is 5.75 Å². The quantitative estimate of drug-likeness (QED) is 0.796. The summed E-state index contributed by atoms with van der Waals surface area (Å²) in [6, 6.07) is 10.4. The van der Waals surface area contributed by atoms with Crippen LogP contribution in [0.15, 0.2) is 42.6 Å². The molecule has 2 heterocycles. The lowest BCUT2D eigenvalue weighted by Gasteiger charge is -2.04. The van der Waals surface area contributed by atoms with Gasteiger partial charge >= 0.3 is 0 Å². The number of hydrogen-bond donors (Lipinski definition) is 1. The Labute approximate surface area is 115 Å². The Kier molecular flexibility index (Phi) is 3.02. The van der Waals surface area contributed by atoms with Gasteiger partial charge in [0.25, 0.3) is 0 Å². The Hall–Kier alpha value is -2.56. The summed E-state index contributed by atoms with van der Waals surface area (Å²) in [7, 11) is 0. The van der Waals surface area contributed by atoms with Crippen LogP contribution in [-0.2, 0) is 0 Å². The van der Waals surface area contributed by atoms with E-state index in [1.165, 1.54) is 6.07 Å². The second-order valence-corrected chi connectivity index (χ2v) is 4.35. The Bertz CT molecular complexity index is 750. The fourth-order valence-corrected chi connectivity index (χ4v) is 2.14. The Morgan fingerprint density at radius 2 is 2.00 bits per heavy atom. The summed E-state index contributed by atoms with van der Waals surface area (Å²) < 4.78 is 20.6. The van der Waals surface area contributed by atoms with Crippen molar-refractivity contribution in [3.8, 4) is 17.0 Å². The minimum Gasteiger partial charge on any atom is -0.494 e. The Balaban J connectivity index is 2.10. The zero-order valence-corrected chi connectivity index (χ0v) is 11.0. The van der Waals surface area contributed by atoms with Crippen LogP contribution in [0, 0.1) is 5.82 Å². The molecule has 5 heteroatoms. The molecule has 2 N–H and O–H groups in total. The number of fused-ring (bicyclic) bond motifs is 1. The highest BCUT2D eigenvalue weighted by molar-refractivity contribution is 5.75. The van der Waals surface area contributed by atoms with Crippen LogP contribution in [0.25, 0.3) is 16.9 Å². The molecule has 1 aromatic carbocycles. The highest BCUT2D eigenvalue weighted by Gasteiger charge is 2.13. The van der Waals surface area contributed by atoms with Crippen LogP contribution < -0.4 is 10.5 Å². The molecule has 3 rings (SSSR count). The maximum absolute atomic E-state index is 13.7. The molecule has 0 spiro atoms. The number of nitrogen functional groups attached to an aromatic ring is 1. The molecule has 0 bridgehead atoms. The van der Waals surface area contributed by atoms with Gasteiger partial charge in [0.2, 0.25) is 0 Å². The van der Waals surface area contributed by atoms with Crippen LogP contribution >= 0.6 is 0 Å². The van der Waals surface area contributed by atoms with Crippen molar-refractivity contribution < 1.29 is 9.13 Å². The summed E-state index contributed by atoms with van der Waals surface area (Å²) in [6.07, 6.45) is 1.69. The normalized spacial score (nSPS) is 10.9. The van der Waals surface area contributed by atoms with Crippen molar-refractivity contribution in [1.29, 1.82) is 0 Å². The van der Waals surface area contributed by atoms with Crippen molar-refractivity contribution in [3.63, 3.8) is 0 Å². The molecule has 0 fully saturated rings. The van der Waals surface area contributed by atoms with E-state index < -0.39 is 5.82 Å². The molecular weight excluding hydrogens is 257 g/mol. The third-order valence-corrected chi connectivity index (χ3v) is 3.08. The van der Waals surface area contributed by atoms with E-state index in [-0.39, 0.29) is 5.65 Å². The topological polar surface area (TPSA) is 52.5 Å². The minimum absolute atomic E-state index is 0.230. The highest BCUT2D eigenvalue weighted by Crippen LogP contribution is 2.28. The molecule has 0 aliphatic rings. The number of anilines is 1. The van der Waals surface area contributed by atoms with Crippen LogP contribution in [0.3, 0.4) is 0 Å². The number of benzene rings is 1. The molecule has 0 unspecified atom stereocenters. The van der Waals surface area contributed by atoms with E-state index in [4.69, 9.17) is 10.5 Å². The first-order valence-electron chi connectivity index (χ1n) is 6.36. The second kappa shape index (κ2) is 4.85. The molecule has 0 aliphatic carbocycles. The zero-order chi connectivity index (χ0) is 14.1. The Morgan fingerprint density at radius 1 is 1.25 bits per heavy atom. The van der Waals surface area contributed by atoms with E-state index in [9.17, 15) is 4.39 Å². The van der Waals surface area contributed by atoms with E-state index in [2.05, 4.69) is 4.98 Å². The van der Waals surface area contributed by atoms with Crippen LogP contribution in [0.1, 0.15) is 6.92 Å². The van der Waals surface area contributed by atoms with Gasteiger partial charge in [-0.1, -0.05) is 0 Å². The average molecular weight is 271 g/mol. The van der Waals surface area contributed by atoms with E-state index >= 15 is 0 Å². The van der Waals surface area contributed by atoms with Gasteiger partial charge in [0.15, 0.2) is 11.5 Å². The first-order chi connectivity index (χ1) is 9.70. The molecular formula is C15H14FN3O. The zero-order valence-electron chi connectivity index (χ0n) is 11.0. The van der Waals surface area contributed by atoms with Gasteiger partial charge < -0.3 is 10.5 Å². The molecule has 0 radical (unpaired) electrons. The second-order valence-electron chi connectivity index (χ2n) is 4.35. The maximum Gasteiger partial charge on any atom is 0.175 e. The van der Waals surface area contributed by atoms with Crippen molar-refractivity contribution in [2.75, 3.05) is 12.3 Å². The average Bonchev–Trinajstić information content (AvgIpc) is 2.79. The van der Waals surface area contributed by atoms with Gasteiger partial charge in [-0.15, -0.1) is 0 Å². The largest absolute Gasteiger partial charge is 0.494 e. The van der Waals surface area contributed by atoms with E-state index in [0.717, 1.165) is 11.3 Å². The third kappa shape index (κ3) is 1.97. The number of nitrogens with zero attached hydrogens (tertiary/aromatic N) is 2. The first kappa shape index (κ1) is 12.5. The molecule has 0 saturated carbocycles. The lowest BCUT2D eigenvalue weighted by molar-refractivity contribution is 0.340. The summed E-state index contributed by atoms with van der Waals surface area (Å²) in [4.78, 5) is 4.28. The number of pyridine rings is 1. The predicted molar refractivity (Wildman–Crippen MR) is 76.2 cm³/mol. The van der Waals surface area contributed by atoms with E-state index in [1.54, 1.807) is 16.7 Å². The molecule has 0 amide bonds. The number of hydrogen-bond acceptors (Lipinski definition) is 3. The SMILES string of the molecule is CCOc1ccc(-c2nc3c(F)cccn3c2N)cc1. The molecule has 0 atom stereocenters. The van der Waals surface area contributed by atoms with Crippen LogP contribution in [-0.4, -0.2) is 16.0 Å². The first-order valence-corrected chi connectivity index (χ1v) is 6.36. The molecule has 2 aromatic heterocycles. The summed E-state index contributed by atoms with van der Waals surface area (Å²) in [6.45, 7) is 2.54. The van der Waals surface area contributed by atoms with Crippen LogP contribution in [0.2, 0.25) is 0 Å². The summed E-state index contributed by atoms with van der Waals surface area (Å²) >= 11 is 0. The van der Waals surface area contributed by atoms with E-state index in [1.807, 2.05) is 31.2 Å². The molecule has 0 aliphatic heterocycles. The number of ether oxygens (including phenoxy) is 1. The Morgan fingerprint density at radius 3 is 2.65 bits per heavy atom. The van der Waals surface area contributed by atoms with E-state index in [0.29, 0.717) is 18.1 Å². The number of rotatable bonds is 3. The molecule has 4 nitrogen and oxygen atoms in total. The van der Waals surface area contributed by atoms with Gasteiger partial charge in [0.1, 0.15) is 17.3 Å². The van der Waals surface area contributed by atoms with Crippen LogP contribution in [0.4, 0.5) is 10.2 Å². The summed E-state index contributed by atoms with van der Waals surface area (Å²) in [5, 5.41) is 0. The van der Waals surface area contributed by atoms with Gasteiger partial charge in [-0.3, -0.25) is 4.40 Å². The van der Waals surface area contributed by atoms with Gasteiger partial charge in [0.05, 0.1) is 6.61 Å². The third-order valence-electron chi connectivity index (χ3n) is 3.08. The molecule has 102 valence electrons. The summed E-state index contributed by atoms with van der Waals surface area (Å²) in [5.41, 5.74) is 7.67. The fourth-order valence-electron chi connectivity index (χ4n) is 2.14. The van der Waals surface area contributed by atoms with Crippen molar-refractivity contribution in [2.24, 2.45) is 0 Å². The number of imidazole rings is 1. The van der Waals surface area contributed by atoms with Crippen molar-refractivity contribution in [3.05, 3.63) is 48.4 Å². The van der Waals surface area contributed by atoms with Crippen molar-refractivity contribution >= 4 is 11.5 Å². The van der Waals surface area contributed by atoms with Gasteiger partial charge in [-0.05, 0) is 43.3 Å². The number of aromatic nitrogens is 2. The minimum atomic E-state index is -0.392. The predicted octanol–water partition coefficient (Wildman–Crippen LogP) is 3.12. The fraction of sp³-hybridized carbons (Fsp3) is 0.133. The highest BCUT2D eigenvalue weighted by atomic mass is 19.1. The lowest BCUT2D eigenvalue weighted by Crippen LogP contribution is -1.95. The standard InChI is InChI=1S/C15H14FN3O/c1-2-20-11-7-5-10(6-8-11)13-14(17)19-9-3-4-12(16)15(19)18-13/h3-9H,2,17H2,1H3. The van der Waals surface area contributed by atoms with Crippen molar-refractivity contribution in [1.82, 2.24) is 9.38 Å². The van der Waals surface area contributed by atoms with Gasteiger partial charge in [-0.25, -0.2) is 9.37 Å². The molecule has 20 heavy (non-hydrogen) atoms.